The Morgan fingerprint density at radius 1 is 0.857 bits per heavy atom. The fourth-order valence-electron chi connectivity index (χ4n) is 3.90. The lowest BCUT2D eigenvalue weighted by Gasteiger charge is -2.14. The largest absolute Gasteiger partial charge is 0.488 e. The summed E-state index contributed by atoms with van der Waals surface area (Å²) in [5.41, 5.74) is 2.44. The maximum Gasteiger partial charge on any atom is 0.293 e. The van der Waals surface area contributed by atoms with Gasteiger partial charge < -0.3 is 4.74 Å². The van der Waals surface area contributed by atoms with Crippen LogP contribution in [0.4, 0.5) is 4.79 Å². The van der Waals surface area contributed by atoms with Crippen molar-refractivity contribution in [2.24, 2.45) is 0 Å². The van der Waals surface area contributed by atoms with Gasteiger partial charge in [0, 0.05) is 15.6 Å². The van der Waals surface area contributed by atoms with Gasteiger partial charge in [0.05, 0.1) is 11.4 Å². The summed E-state index contributed by atoms with van der Waals surface area (Å²) in [6, 6.07) is 26.7. The molecule has 1 aliphatic rings. The maximum absolute atomic E-state index is 13.0. The molecule has 0 spiro atoms. The van der Waals surface area contributed by atoms with Gasteiger partial charge in [-0.3, -0.25) is 14.5 Å². The van der Waals surface area contributed by atoms with Crippen LogP contribution in [0.15, 0.2) is 89.8 Å². The minimum atomic E-state index is -0.366. The molecule has 4 aromatic carbocycles. The summed E-state index contributed by atoms with van der Waals surface area (Å²) in [6.45, 7) is 0.458. The summed E-state index contributed by atoms with van der Waals surface area (Å²) in [5.74, 6) is 0.267. The fraction of sp³-hybridized carbons (Fsp3) is 0.0714. The second-order valence-corrected chi connectivity index (χ2v) is 9.81. The van der Waals surface area contributed by atoms with Crippen molar-refractivity contribution in [3.63, 3.8) is 0 Å². The van der Waals surface area contributed by atoms with E-state index < -0.39 is 0 Å². The number of fused-ring (bicyclic) bond motifs is 1. The SMILES string of the molecule is O=C1S/C(=C\c2ccccc2OCc2cccc3ccccc23)C(=O)N1Cc1ccc(Cl)cc1Cl. The van der Waals surface area contributed by atoms with E-state index in [1.165, 1.54) is 4.90 Å². The average Bonchev–Trinajstić information content (AvgIpc) is 3.12. The Morgan fingerprint density at radius 2 is 1.63 bits per heavy atom. The number of imide groups is 1. The molecule has 0 radical (unpaired) electrons. The molecular formula is C28H19Cl2NO3S. The zero-order chi connectivity index (χ0) is 24.4. The maximum atomic E-state index is 13.0. The number of carbonyl (C=O) groups is 2. The van der Waals surface area contributed by atoms with Crippen molar-refractivity contribution in [1.29, 1.82) is 0 Å². The third kappa shape index (κ3) is 5.08. The summed E-state index contributed by atoms with van der Waals surface area (Å²) >= 11 is 13.1. The summed E-state index contributed by atoms with van der Waals surface area (Å²) in [7, 11) is 0. The van der Waals surface area contributed by atoms with Crippen LogP contribution < -0.4 is 4.74 Å². The van der Waals surface area contributed by atoms with Gasteiger partial charge >= 0.3 is 0 Å². The van der Waals surface area contributed by atoms with E-state index in [0.29, 0.717) is 32.9 Å². The number of carbonyl (C=O) groups excluding carboxylic acids is 2. The van der Waals surface area contributed by atoms with Crippen LogP contribution in [0.1, 0.15) is 16.7 Å². The Balaban J connectivity index is 1.36. The van der Waals surface area contributed by atoms with Crippen molar-refractivity contribution in [2.75, 3.05) is 0 Å². The van der Waals surface area contributed by atoms with Crippen LogP contribution in [0.3, 0.4) is 0 Å². The molecule has 0 aliphatic carbocycles. The molecule has 2 amide bonds. The molecule has 0 bridgehead atoms. The number of thioether (sulfide) groups is 1. The lowest BCUT2D eigenvalue weighted by atomic mass is 10.1. The second-order valence-electron chi connectivity index (χ2n) is 7.97. The molecule has 1 saturated heterocycles. The van der Waals surface area contributed by atoms with E-state index in [9.17, 15) is 9.59 Å². The quantitative estimate of drug-likeness (QED) is 0.242. The van der Waals surface area contributed by atoms with Gasteiger partial charge in [-0.15, -0.1) is 0 Å². The van der Waals surface area contributed by atoms with Gasteiger partial charge in [-0.25, -0.2) is 0 Å². The van der Waals surface area contributed by atoms with E-state index in [0.717, 1.165) is 33.7 Å². The van der Waals surface area contributed by atoms with Gasteiger partial charge in [0.15, 0.2) is 0 Å². The van der Waals surface area contributed by atoms with Gasteiger partial charge in [0.25, 0.3) is 11.1 Å². The molecule has 0 saturated carbocycles. The number of benzene rings is 4. The van der Waals surface area contributed by atoms with E-state index in [1.807, 2.05) is 48.5 Å². The molecule has 0 N–H and O–H groups in total. The van der Waals surface area contributed by atoms with Gasteiger partial charge in [-0.2, -0.15) is 0 Å². The highest BCUT2D eigenvalue weighted by molar-refractivity contribution is 8.18. The molecule has 7 heteroatoms. The smallest absolute Gasteiger partial charge is 0.293 e. The zero-order valence-corrected chi connectivity index (χ0v) is 20.7. The van der Waals surface area contributed by atoms with E-state index in [1.54, 1.807) is 24.3 Å². The summed E-state index contributed by atoms with van der Waals surface area (Å²) in [4.78, 5) is 27.2. The van der Waals surface area contributed by atoms with Crippen molar-refractivity contribution in [3.8, 4) is 5.75 Å². The van der Waals surface area contributed by atoms with E-state index in [4.69, 9.17) is 27.9 Å². The van der Waals surface area contributed by atoms with Crippen LogP contribution >= 0.6 is 35.0 Å². The number of rotatable bonds is 6. The van der Waals surface area contributed by atoms with Gasteiger partial charge in [-0.05, 0) is 57.9 Å². The Morgan fingerprint density at radius 3 is 2.49 bits per heavy atom. The third-order valence-electron chi connectivity index (χ3n) is 5.69. The van der Waals surface area contributed by atoms with Crippen molar-refractivity contribution in [3.05, 3.63) is 117 Å². The minimum absolute atomic E-state index is 0.0806. The molecule has 1 heterocycles. The normalized spacial score (nSPS) is 14.8. The fourth-order valence-corrected chi connectivity index (χ4v) is 5.20. The number of hydrogen-bond donors (Lipinski definition) is 0. The molecule has 174 valence electrons. The predicted molar refractivity (Wildman–Crippen MR) is 143 cm³/mol. The summed E-state index contributed by atoms with van der Waals surface area (Å²) < 4.78 is 6.16. The van der Waals surface area contributed by atoms with Crippen LogP contribution in [-0.2, 0) is 17.9 Å². The predicted octanol–water partition coefficient (Wildman–Crippen LogP) is 7.96. The molecule has 0 aromatic heterocycles. The van der Waals surface area contributed by atoms with Gasteiger partial charge in [-0.1, -0.05) is 89.9 Å². The zero-order valence-electron chi connectivity index (χ0n) is 18.4. The first kappa shape index (κ1) is 23.5. The van der Waals surface area contributed by atoms with E-state index in [-0.39, 0.29) is 17.7 Å². The Hall–Kier alpha value is -3.25. The van der Waals surface area contributed by atoms with E-state index >= 15 is 0 Å². The number of hydrogen-bond acceptors (Lipinski definition) is 4. The number of amides is 2. The van der Waals surface area contributed by atoms with Crippen LogP contribution in [-0.4, -0.2) is 16.0 Å². The third-order valence-corrected chi connectivity index (χ3v) is 7.18. The first-order valence-electron chi connectivity index (χ1n) is 10.9. The Kier molecular flexibility index (Phi) is 6.82. The number of para-hydroxylation sites is 1. The molecule has 4 aromatic rings. The first-order chi connectivity index (χ1) is 17.0. The van der Waals surface area contributed by atoms with Crippen molar-refractivity contribution < 1.29 is 14.3 Å². The highest BCUT2D eigenvalue weighted by Crippen LogP contribution is 2.36. The molecule has 35 heavy (non-hydrogen) atoms. The average molecular weight is 520 g/mol. The van der Waals surface area contributed by atoms with Crippen molar-refractivity contribution >= 4 is 63.0 Å². The first-order valence-corrected chi connectivity index (χ1v) is 12.4. The Bertz CT molecular complexity index is 1480. The lowest BCUT2D eigenvalue weighted by molar-refractivity contribution is -0.123. The molecular weight excluding hydrogens is 501 g/mol. The van der Waals surface area contributed by atoms with Gasteiger partial charge in [0.1, 0.15) is 12.4 Å². The monoisotopic (exact) mass is 519 g/mol. The Labute approximate surface area is 217 Å². The number of nitrogens with zero attached hydrogens (tertiary/aromatic N) is 1. The molecule has 5 rings (SSSR count). The topological polar surface area (TPSA) is 46.6 Å². The highest BCUT2D eigenvalue weighted by Gasteiger charge is 2.35. The second kappa shape index (κ2) is 10.2. The van der Waals surface area contributed by atoms with Crippen LogP contribution in [0.2, 0.25) is 10.0 Å². The lowest BCUT2D eigenvalue weighted by Crippen LogP contribution is -2.27. The molecule has 1 fully saturated rings. The van der Waals surface area contributed by atoms with Crippen LogP contribution in [0.5, 0.6) is 5.75 Å². The van der Waals surface area contributed by atoms with Crippen molar-refractivity contribution in [2.45, 2.75) is 13.2 Å². The highest BCUT2D eigenvalue weighted by atomic mass is 35.5. The molecule has 0 unspecified atom stereocenters. The number of ether oxygens (including phenoxy) is 1. The molecule has 1 aliphatic heterocycles. The van der Waals surface area contributed by atoms with Gasteiger partial charge in [0.2, 0.25) is 0 Å². The van der Waals surface area contributed by atoms with Crippen LogP contribution in [0, 0.1) is 0 Å². The molecule has 0 atom stereocenters. The molecule has 4 nitrogen and oxygen atoms in total. The summed E-state index contributed by atoms with van der Waals surface area (Å²) in [5, 5.41) is 2.84. The summed E-state index contributed by atoms with van der Waals surface area (Å²) in [6.07, 6.45) is 1.70. The van der Waals surface area contributed by atoms with E-state index in [2.05, 4.69) is 18.2 Å². The minimum Gasteiger partial charge on any atom is -0.488 e. The number of halogens is 2. The standard InChI is InChI=1S/C28H19Cl2NO3S/c29-22-13-12-20(24(30)15-22)16-31-27(32)26(35-28(31)33)14-19-7-2-4-11-25(19)34-17-21-9-5-8-18-6-1-3-10-23(18)21/h1-15H,16-17H2/b26-14-. The van der Waals surface area contributed by atoms with Crippen LogP contribution in [0.25, 0.3) is 16.8 Å². The van der Waals surface area contributed by atoms with Crippen molar-refractivity contribution in [1.82, 2.24) is 4.90 Å².